The average Bonchev–Trinajstić information content (AvgIpc) is 2.41. The first-order valence-corrected chi connectivity index (χ1v) is 6.60. The van der Waals surface area contributed by atoms with Crippen LogP contribution in [-0.4, -0.2) is 26.2 Å². The Labute approximate surface area is 116 Å². The molecule has 0 amide bonds. The SMILES string of the molecule is COC(=O)C1(c2ccc(Cl)c(Cl)c2)CCNCC1. The topological polar surface area (TPSA) is 38.3 Å². The molecule has 0 saturated carbocycles. The summed E-state index contributed by atoms with van der Waals surface area (Å²) in [5.74, 6) is -0.206. The molecule has 0 aromatic heterocycles. The molecule has 0 aliphatic carbocycles. The number of piperidine rings is 1. The lowest BCUT2D eigenvalue weighted by molar-refractivity contribution is -0.148. The van der Waals surface area contributed by atoms with Gasteiger partial charge in [-0.3, -0.25) is 4.79 Å². The predicted molar refractivity (Wildman–Crippen MR) is 72.3 cm³/mol. The summed E-state index contributed by atoms with van der Waals surface area (Å²) in [7, 11) is 1.42. The third-order valence-corrected chi connectivity index (χ3v) is 4.24. The lowest BCUT2D eigenvalue weighted by Crippen LogP contribution is -2.46. The Morgan fingerprint density at radius 2 is 1.94 bits per heavy atom. The van der Waals surface area contributed by atoms with Crippen LogP contribution in [0.25, 0.3) is 0 Å². The molecule has 0 atom stereocenters. The normalized spacial score (nSPS) is 18.4. The van der Waals surface area contributed by atoms with Gasteiger partial charge in [-0.05, 0) is 43.6 Å². The number of nitrogens with one attached hydrogen (secondary N) is 1. The van der Waals surface area contributed by atoms with Crippen LogP contribution in [0, 0.1) is 0 Å². The van der Waals surface area contributed by atoms with E-state index in [4.69, 9.17) is 27.9 Å². The molecule has 5 heteroatoms. The van der Waals surface area contributed by atoms with Crippen molar-refractivity contribution in [3.05, 3.63) is 33.8 Å². The molecule has 0 radical (unpaired) electrons. The van der Waals surface area contributed by atoms with Gasteiger partial charge in [-0.15, -0.1) is 0 Å². The summed E-state index contributed by atoms with van der Waals surface area (Å²) in [6.45, 7) is 1.57. The van der Waals surface area contributed by atoms with E-state index in [0.29, 0.717) is 22.9 Å². The van der Waals surface area contributed by atoms with Crippen LogP contribution in [0.4, 0.5) is 0 Å². The number of carbonyl (C=O) groups excluding carboxylic acids is 1. The molecular formula is C13H15Cl2NO2. The van der Waals surface area contributed by atoms with E-state index in [1.165, 1.54) is 7.11 Å². The van der Waals surface area contributed by atoms with Gasteiger partial charge < -0.3 is 10.1 Å². The number of rotatable bonds is 2. The lowest BCUT2D eigenvalue weighted by Gasteiger charge is -2.35. The summed E-state index contributed by atoms with van der Waals surface area (Å²) >= 11 is 12.0. The molecule has 1 saturated heterocycles. The van der Waals surface area contributed by atoms with Gasteiger partial charge in [-0.1, -0.05) is 29.3 Å². The molecular weight excluding hydrogens is 273 g/mol. The van der Waals surface area contributed by atoms with Crippen LogP contribution in [0.2, 0.25) is 10.0 Å². The van der Waals surface area contributed by atoms with Crippen LogP contribution in [0.15, 0.2) is 18.2 Å². The number of hydrogen-bond donors (Lipinski definition) is 1. The zero-order chi connectivity index (χ0) is 13.2. The molecule has 3 nitrogen and oxygen atoms in total. The van der Waals surface area contributed by atoms with Crippen LogP contribution in [0.3, 0.4) is 0 Å². The van der Waals surface area contributed by atoms with Crippen LogP contribution in [0.1, 0.15) is 18.4 Å². The van der Waals surface area contributed by atoms with E-state index >= 15 is 0 Å². The molecule has 1 aliphatic rings. The van der Waals surface area contributed by atoms with Crippen molar-refractivity contribution in [3.8, 4) is 0 Å². The molecule has 1 fully saturated rings. The first-order valence-electron chi connectivity index (χ1n) is 5.85. The summed E-state index contributed by atoms with van der Waals surface area (Å²) < 4.78 is 4.97. The Morgan fingerprint density at radius 1 is 1.28 bits per heavy atom. The molecule has 0 spiro atoms. The van der Waals surface area contributed by atoms with Crippen molar-refractivity contribution in [2.24, 2.45) is 0 Å². The smallest absolute Gasteiger partial charge is 0.316 e. The zero-order valence-electron chi connectivity index (χ0n) is 10.1. The molecule has 0 bridgehead atoms. The zero-order valence-corrected chi connectivity index (χ0v) is 11.6. The molecule has 2 rings (SSSR count). The number of benzene rings is 1. The lowest BCUT2D eigenvalue weighted by atomic mass is 9.73. The summed E-state index contributed by atoms with van der Waals surface area (Å²) in [6.07, 6.45) is 1.41. The molecule has 1 aromatic rings. The maximum atomic E-state index is 12.2. The highest BCUT2D eigenvalue weighted by Crippen LogP contribution is 2.37. The predicted octanol–water partition coefficient (Wildman–Crippen LogP) is 2.79. The van der Waals surface area contributed by atoms with Gasteiger partial charge in [0.05, 0.1) is 22.6 Å². The van der Waals surface area contributed by atoms with E-state index in [2.05, 4.69) is 5.32 Å². The monoisotopic (exact) mass is 287 g/mol. The van der Waals surface area contributed by atoms with Crippen LogP contribution >= 0.6 is 23.2 Å². The summed E-state index contributed by atoms with van der Waals surface area (Å²) in [5, 5.41) is 4.21. The second-order valence-corrected chi connectivity index (χ2v) is 5.27. The second kappa shape index (κ2) is 5.47. The van der Waals surface area contributed by atoms with E-state index < -0.39 is 5.41 Å². The second-order valence-electron chi connectivity index (χ2n) is 4.45. The number of carbonyl (C=O) groups is 1. The van der Waals surface area contributed by atoms with Crippen molar-refractivity contribution in [1.82, 2.24) is 5.32 Å². The Kier molecular flexibility index (Phi) is 4.15. The third-order valence-electron chi connectivity index (χ3n) is 3.51. The number of ether oxygens (including phenoxy) is 1. The largest absolute Gasteiger partial charge is 0.468 e. The summed E-state index contributed by atoms with van der Waals surface area (Å²) in [4.78, 5) is 12.2. The molecule has 1 aromatic carbocycles. The van der Waals surface area contributed by atoms with Crippen LogP contribution in [0.5, 0.6) is 0 Å². The van der Waals surface area contributed by atoms with E-state index in [-0.39, 0.29) is 5.97 Å². The Balaban J connectivity index is 2.45. The van der Waals surface area contributed by atoms with Gasteiger partial charge in [0.15, 0.2) is 0 Å². The van der Waals surface area contributed by atoms with Crippen LogP contribution < -0.4 is 5.32 Å². The van der Waals surface area contributed by atoms with Crippen molar-refractivity contribution in [2.75, 3.05) is 20.2 Å². The minimum Gasteiger partial charge on any atom is -0.468 e. The van der Waals surface area contributed by atoms with Gasteiger partial charge in [0.2, 0.25) is 0 Å². The standard InChI is InChI=1S/C13H15Cl2NO2/c1-18-12(17)13(4-6-16-7-5-13)9-2-3-10(14)11(15)8-9/h2-3,8,16H,4-7H2,1H3. The summed E-state index contributed by atoms with van der Waals surface area (Å²) in [6, 6.07) is 5.36. The maximum Gasteiger partial charge on any atom is 0.316 e. The number of hydrogen-bond acceptors (Lipinski definition) is 3. The molecule has 18 heavy (non-hydrogen) atoms. The minimum atomic E-state index is -0.603. The number of methoxy groups -OCH3 is 1. The summed E-state index contributed by atoms with van der Waals surface area (Å²) in [5.41, 5.74) is 0.277. The molecule has 98 valence electrons. The van der Waals surface area contributed by atoms with E-state index in [1.807, 2.05) is 6.07 Å². The quantitative estimate of drug-likeness (QED) is 0.850. The fourth-order valence-corrected chi connectivity index (χ4v) is 2.75. The fourth-order valence-electron chi connectivity index (χ4n) is 2.45. The molecule has 0 unspecified atom stereocenters. The van der Waals surface area contributed by atoms with Crippen molar-refractivity contribution >= 4 is 29.2 Å². The number of halogens is 2. The van der Waals surface area contributed by atoms with E-state index in [1.54, 1.807) is 12.1 Å². The van der Waals surface area contributed by atoms with Crippen molar-refractivity contribution in [1.29, 1.82) is 0 Å². The average molecular weight is 288 g/mol. The van der Waals surface area contributed by atoms with Gasteiger partial charge in [-0.2, -0.15) is 0 Å². The van der Waals surface area contributed by atoms with Gasteiger partial charge in [-0.25, -0.2) is 0 Å². The highest BCUT2D eigenvalue weighted by atomic mass is 35.5. The number of esters is 1. The van der Waals surface area contributed by atoms with Gasteiger partial charge in [0.25, 0.3) is 0 Å². The van der Waals surface area contributed by atoms with E-state index in [0.717, 1.165) is 18.7 Å². The molecule has 1 aliphatic heterocycles. The van der Waals surface area contributed by atoms with Crippen molar-refractivity contribution in [3.63, 3.8) is 0 Å². The Bertz CT molecular complexity index is 456. The van der Waals surface area contributed by atoms with E-state index in [9.17, 15) is 4.79 Å². The highest BCUT2D eigenvalue weighted by Gasteiger charge is 2.42. The highest BCUT2D eigenvalue weighted by molar-refractivity contribution is 6.42. The first-order chi connectivity index (χ1) is 8.60. The van der Waals surface area contributed by atoms with Crippen molar-refractivity contribution < 1.29 is 9.53 Å². The van der Waals surface area contributed by atoms with Gasteiger partial charge in [0, 0.05) is 0 Å². The maximum absolute atomic E-state index is 12.2. The Hall–Kier alpha value is -0.770. The Morgan fingerprint density at radius 3 is 2.50 bits per heavy atom. The van der Waals surface area contributed by atoms with Crippen molar-refractivity contribution in [2.45, 2.75) is 18.3 Å². The minimum absolute atomic E-state index is 0.206. The molecule has 1 N–H and O–H groups in total. The first kappa shape index (κ1) is 13.7. The van der Waals surface area contributed by atoms with Gasteiger partial charge in [0.1, 0.15) is 0 Å². The van der Waals surface area contributed by atoms with Crippen LogP contribution in [-0.2, 0) is 14.9 Å². The third kappa shape index (κ3) is 2.35. The van der Waals surface area contributed by atoms with Gasteiger partial charge >= 0.3 is 5.97 Å². The molecule has 1 heterocycles. The fraction of sp³-hybridized carbons (Fsp3) is 0.462.